The number of H-pyrrole nitrogens is 1. The molecule has 0 bridgehead atoms. The van der Waals surface area contributed by atoms with Crippen LogP contribution in [0.4, 0.5) is 0 Å². The van der Waals surface area contributed by atoms with Crippen LogP contribution in [0.15, 0.2) is 71.7 Å². The molecule has 178 valence electrons. The Labute approximate surface area is 200 Å². The van der Waals surface area contributed by atoms with Gasteiger partial charge in [0.1, 0.15) is 5.65 Å². The van der Waals surface area contributed by atoms with E-state index in [1.807, 2.05) is 24.4 Å². The Balaban J connectivity index is 1.47. The molecule has 4 rings (SSSR count). The minimum absolute atomic E-state index is 0.288. The third-order valence-corrected chi connectivity index (χ3v) is 6.07. The lowest BCUT2D eigenvalue weighted by atomic mass is 10.1. The first-order valence-corrected chi connectivity index (χ1v) is 12.0. The molecule has 2 aromatic heterocycles. The summed E-state index contributed by atoms with van der Waals surface area (Å²) in [5, 5.41) is 0.932. The number of aromatic amines is 1. The molecular weight excluding hydrogens is 424 g/mol. The van der Waals surface area contributed by atoms with Crippen LogP contribution in [0.1, 0.15) is 29.7 Å². The number of fused-ring (bicyclic) bond motifs is 1. The Bertz CT molecular complexity index is 1220. The van der Waals surface area contributed by atoms with Gasteiger partial charge in [-0.05, 0) is 81.2 Å². The van der Waals surface area contributed by atoms with Crippen molar-refractivity contribution in [1.82, 2.24) is 19.4 Å². The standard InChI is InChI=1S/C27H34N6O/c28-14-4-16-32(17-5-15-29)19-22-9-12-25(13-10-22)33-20-23-18-24(30-26(23)31-27(33)34)11-8-21-6-2-1-3-7-21/h1-3,6-7,9-10,12-13,18,20H,4-5,8,11,14-17,19,28-29H2,(H,30,31,34). The van der Waals surface area contributed by atoms with Crippen LogP contribution in [0.2, 0.25) is 0 Å². The topological polar surface area (TPSA) is 106 Å². The van der Waals surface area contributed by atoms with Crippen LogP contribution in [0.3, 0.4) is 0 Å². The maximum Gasteiger partial charge on any atom is 0.354 e. The summed E-state index contributed by atoms with van der Waals surface area (Å²) in [6.45, 7) is 4.12. The summed E-state index contributed by atoms with van der Waals surface area (Å²) >= 11 is 0. The highest BCUT2D eigenvalue weighted by Crippen LogP contribution is 2.16. The van der Waals surface area contributed by atoms with E-state index in [0.717, 1.165) is 62.1 Å². The van der Waals surface area contributed by atoms with Crippen molar-refractivity contribution in [2.75, 3.05) is 26.2 Å². The molecule has 7 heteroatoms. The van der Waals surface area contributed by atoms with E-state index in [4.69, 9.17) is 11.5 Å². The Morgan fingerprint density at radius 2 is 1.59 bits per heavy atom. The van der Waals surface area contributed by atoms with E-state index in [1.165, 1.54) is 11.1 Å². The van der Waals surface area contributed by atoms with Crippen LogP contribution < -0.4 is 17.2 Å². The largest absolute Gasteiger partial charge is 0.354 e. The van der Waals surface area contributed by atoms with Gasteiger partial charge in [0, 0.05) is 23.8 Å². The first kappa shape index (κ1) is 23.9. The number of nitrogens with two attached hydrogens (primary N) is 2. The number of benzene rings is 2. The van der Waals surface area contributed by atoms with Gasteiger partial charge >= 0.3 is 5.69 Å². The Morgan fingerprint density at radius 3 is 2.26 bits per heavy atom. The molecule has 5 N–H and O–H groups in total. The molecule has 0 amide bonds. The number of aryl methyl sites for hydroxylation is 2. The van der Waals surface area contributed by atoms with Crippen molar-refractivity contribution in [2.24, 2.45) is 11.5 Å². The average molecular weight is 459 g/mol. The molecule has 4 aromatic rings. The first-order valence-electron chi connectivity index (χ1n) is 12.0. The molecule has 0 aliphatic rings. The van der Waals surface area contributed by atoms with Crippen LogP contribution in [-0.4, -0.2) is 45.6 Å². The summed E-state index contributed by atoms with van der Waals surface area (Å²) in [5.41, 5.74) is 16.1. The van der Waals surface area contributed by atoms with E-state index in [0.29, 0.717) is 18.7 Å². The highest BCUT2D eigenvalue weighted by atomic mass is 16.1. The molecule has 0 saturated heterocycles. The fourth-order valence-electron chi connectivity index (χ4n) is 4.21. The van der Waals surface area contributed by atoms with E-state index in [1.54, 1.807) is 4.57 Å². The van der Waals surface area contributed by atoms with Gasteiger partial charge in [0.2, 0.25) is 0 Å². The van der Waals surface area contributed by atoms with Crippen LogP contribution in [0.25, 0.3) is 16.7 Å². The lowest BCUT2D eigenvalue weighted by Gasteiger charge is -2.22. The first-order chi connectivity index (χ1) is 16.7. The zero-order valence-electron chi connectivity index (χ0n) is 19.6. The second-order valence-corrected chi connectivity index (χ2v) is 8.70. The van der Waals surface area contributed by atoms with Crippen molar-refractivity contribution in [3.8, 4) is 5.69 Å². The second-order valence-electron chi connectivity index (χ2n) is 8.70. The van der Waals surface area contributed by atoms with Crippen LogP contribution in [-0.2, 0) is 19.4 Å². The molecule has 0 fully saturated rings. The van der Waals surface area contributed by atoms with E-state index in [9.17, 15) is 4.79 Å². The fraction of sp³-hybridized carbons (Fsp3) is 0.333. The summed E-state index contributed by atoms with van der Waals surface area (Å²) in [7, 11) is 0. The number of nitrogens with one attached hydrogen (secondary N) is 1. The quantitative estimate of drug-likeness (QED) is 0.303. The molecule has 0 aliphatic heterocycles. The number of aromatic nitrogens is 3. The maximum absolute atomic E-state index is 12.7. The predicted octanol–water partition coefficient (Wildman–Crippen LogP) is 3.00. The van der Waals surface area contributed by atoms with Crippen LogP contribution in [0.5, 0.6) is 0 Å². The number of nitrogens with zero attached hydrogens (tertiary/aromatic N) is 3. The van der Waals surface area contributed by atoms with Crippen molar-refractivity contribution in [1.29, 1.82) is 0 Å². The Morgan fingerprint density at radius 1 is 0.882 bits per heavy atom. The van der Waals surface area contributed by atoms with Crippen LogP contribution in [0, 0.1) is 0 Å². The SMILES string of the molecule is NCCCN(CCCN)Cc1ccc(-n2cc3cc(CCc4ccccc4)[nH]c3nc2=O)cc1. The van der Waals surface area contributed by atoms with Crippen molar-refractivity contribution in [3.63, 3.8) is 0 Å². The van der Waals surface area contributed by atoms with Gasteiger partial charge in [-0.1, -0.05) is 42.5 Å². The minimum Gasteiger partial charge on any atom is -0.343 e. The van der Waals surface area contributed by atoms with E-state index in [-0.39, 0.29) is 5.69 Å². The maximum atomic E-state index is 12.7. The zero-order chi connectivity index (χ0) is 23.8. The molecule has 2 aromatic carbocycles. The predicted molar refractivity (Wildman–Crippen MR) is 138 cm³/mol. The van der Waals surface area contributed by atoms with E-state index >= 15 is 0 Å². The molecular formula is C27H34N6O. The second kappa shape index (κ2) is 11.7. The average Bonchev–Trinajstić information content (AvgIpc) is 3.26. The van der Waals surface area contributed by atoms with E-state index < -0.39 is 0 Å². The van der Waals surface area contributed by atoms with Gasteiger partial charge in [0.25, 0.3) is 0 Å². The van der Waals surface area contributed by atoms with Crippen molar-refractivity contribution < 1.29 is 0 Å². The molecule has 0 radical (unpaired) electrons. The summed E-state index contributed by atoms with van der Waals surface area (Å²) in [6.07, 6.45) is 5.61. The fourth-order valence-corrected chi connectivity index (χ4v) is 4.21. The van der Waals surface area contributed by atoms with Gasteiger partial charge in [-0.3, -0.25) is 9.47 Å². The highest BCUT2D eigenvalue weighted by molar-refractivity contribution is 5.75. The third-order valence-electron chi connectivity index (χ3n) is 6.07. The number of hydrogen-bond acceptors (Lipinski definition) is 5. The summed E-state index contributed by atoms with van der Waals surface area (Å²) in [6, 6.07) is 20.6. The van der Waals surface area contributed by atoms with Gasteiger partial charge in [-0.2, -0.15) is 4.98 Å². The molecule has 34 heavy (non-hydrogen) atoms. The molecule has 7 nitrogen and oxygen atoms in total. The van der Waals surface area contributed by atoms with Gasteiger partial charge < -0.3 is 16.5 Å². The Hall–Kier alpha value is -3.26. The zero-order valence-corrected chi connectivity index (χ0v) is 19.6. The molecule has 0 unspecified atom stereocenters. The van der Waals surface area contributed by atoms with Crippen molar-refractivity contribution in [3.05, 3.63) is 94.2 Å². The smallest absolute Gasteiger partial charge is 0.343 e. The molecule has 0 aliphatic carbocycles. The third kappa shape index (κ3) is 6.20. The normalized spacial score (nSPS) is 11.5. The number of rotatable bonds is 12. The monoisotopic (exact) mass is 458 g/mol. The molecule has 0 saturated carbocycles. The molecule has 0 spiro atoms. The van der Waals surface area contributed by atoms with Crippen molar-refractivity contribution >= 4 is 11.0 Å². The van der Waals surface area contributed by atoms with Crippen LogP contribution >= 0.6 is 0 Å². The molecule has 2 heterocycles. The number of hydrogen-bond donors (Lipinski definition) is 3. The van der Waals surface area contributed by atoms with Gasteiger partial charge in [0.15, 0.2) is 0 Å². The molecule has 0 atom stereocenters. The van der Waals surface area contributed by atoms with Crippen molar-refractivity contribution in [2.45, 2.75) is 32.2 Å². The highest BCUT2D eigenvalue weighted by Gasteiger charge is 2.09. The van der Waals surface area contributed by atoms with E-state index in [2.05, 4.69) is 57.3 Å². The summed E-state index contributed by atoms with van der Waals surface area (Å²) < 4.78 is 1.61. The minimum atomic E-state index is -0.288. The van der Waals surface area contributed by atoms with Gasteiger partial charge in [-0.25, -0.2) is 4.79 Å². The summed E-state index contributed by atoms with van der Waals surface area (Å²) in [5.74, 6) is 0. The lowest BCUT2D eigenvalue weighted by molar-refractivity contribution is 0.262. The lowest BCUT2D eigenvalue weighted by Crippen LogP contribution is -2.28. The Kier molecular flexibility index (Phi) is 8.25. The van der Waals surface area contributed by atoms with Gasteiger partial charge in [0.05, 0.1) is 5.69 Å². The summed E-state index contributed by atoms with van der Waals surface area (Å²) in [4.78, 5) is 22.7. The van der Waals surface area contributed by atoms with Gasteiger partial charge in [-0.15, -0.1) is 0 Å².